The Labute approximate surface area is 179 Å². The Kier molecular flexibility index (Phi) is 5.64. The zero-order valence-corrected chi connectivity index (χ0v) is 17.5. The molecule has 164 valence electrons. The number of benzene rings is 1. The number of allylic oxidation sites excluding steroid dienone is 1. The van der Waals surface area contributed by atoms with Gasteiger partial charge in [-0.1, -0.05) is 0 Å². The zero-order valence-electron chi connectivity index (χ0n) is 17.5. The van der Waals surface area contributed by atoms with Crippen molar-refractivity contribution in [2.45, 2.75) is 50.9 Å². The Hall–Kier alpha value is -3.03. The first kappa shape index (κ1) is 21.2. The minimum atomic E-state index is -4.59. The van der Waals surface area contributed by atoms with Gasteiger partial charge in [-0.15, -0.1) is 0 Å². The van der Waals surface area contributed by atoms with E-state index in [1.807, 2.05) is 19.2 Å². The molecule has 1 unspecified atom stereocenters. The summed E-state index contributed by atoms with van der Waals surface area (Å²) in [7, 11) is 1.97. The van der Waals surface area contributed by atoms with Gasteiger partial charge in [0.2, 0.25) is 5.88 Å². The molecule has 31 heavy (non-hydrogen) atoms. The molecule has 0 spiro atoms. The Bertz CT molecular complexity index is 1010. The fourth-order valence-electron chi connectivity index (χ4n) is 3.76. The van der Waals surface area contributed by atoms with Crippen LogP contribution in [0.2, 0.25) is 0 Å². The maximum atomic E-state index is 13.6. The minimum Gasteiger partial charge on any atom is -0.437 e. The quantitative estimate of drug-likeness (QED) is 0.602. The molecule has 1 aromatic heterocycles. The lowest BCUT2D eigenvalue weighted by molar-refractivity contribution is -0.138. The highest BCUT2D eigenvalue weighted by molar-refractivity contribution is 6.09. The molecule has 1 aliphatic heterocycles. The molecule has 2 aliphatic rings. The van der Waals surface area contributed by atoms with Gasteiger partial charge in [0.05, 0.1) is 0 Å². The van der Waals surface area contributed by atoms with Gasteiger partial charge in [0.25, 0.3) is 0 Å². The molecule has 0 amide bonds. The number of hydrogen-bond donors (Lipinski definition) is 2. The number of halogens is 3. The van der Waals surface area contributed by atoms with E-state index in [-0.39, 0.29) is 0 Å². The summed E-state index contributed by atoms with van der Waals surface area (Å²) < 4.78 is 46.6. The lowest BCUT2D eigenvalue weighted by Crippen LogP contribution is -2.33. The number of ether oxygens (including phenoxy) is 1. The summed E-state index contributed by atoms with van der Waals surface area (Å²) in [6.07, 6.45) is 3.30. The summed E-state index contributed by atoms with van der Waals surface area (Å²) in [6, 6.07) is 6.66. The van der Waals surface area contributed by atoms with Crippen molar-refractivity contribution in [1.29, 1.82) is 5.41 Å². The molecule has 0 bridgehead atoms. The van der Waals surface area contributed by atoms with Gasteiger partial charge in [-0.25, -0.2) is 4.98 Å². The molecule has 1 aliphatic carbocycles. The predicted molar refractivity (Wildman–Crippen MR) is 115 cm³/mol. The number of nitrogens with zero attached hydrogens (tertiary/aromatic N) is 2. The van der Waals surface area contributed by atoms with Crippen LogP contribution in [-0.2, 0) is 12.6 Å². The zero-order chi connectivity index (χ0) is 22.2. The third-order valence-electron chi connectivity index (χ3n) is 5.88. The monoisotopic (exact) mass is 430 g/mol. The van der Waals surface area contributed by atoms with Crippen LogP contribution >= 0.6 is 0 Å². The molecule has 0 radical (unpaired) electrons. The second-order valence-electron chi connectivity index (χ2n) is 8.08. The van der Waals surface area contributed by atoms with Crippen molar-refractivity contribution in [3.8, 4) is 11.6 Å². The minimum absolute atomic E-state index is 0.307. The fraction of sp³-hybridized carbons (Fsp3) is 0.391. The molecule has 5 nitrogen and oxygen atoms in total. The second kappa shape index (κ2) is 8.24. The fourth-order valence-corrected chi connectivity index (χ4v) is 3.76. The van der Waals surface area contributed by atoms with Gasteiger partial charge in [0.1, 0.15) is 11.3 Å². The lowest BCUT2D eigenvalue weighted by Gasteiger charge is -2.35. The Balaban J connectivity index is 1.84. The van der Waals surface area contributed by atoms with Crippen molar-refractivity contribution >= 4 is 17.5 Å². The highest BCUT2D eigenvalue weighted by atomic mass is 19.4. The molecule has 1 atom stereocenters. The number of pyridine rings is 1. The summed E-state index contributed by atoms with van der Waals surface area (Å²) in [6.45, 7) is 2.11. The van der Waals surface area contributed by atoms with Crippen molar-refractivity contribution in [3.63, 3.8) is 0 Å². The van der Waals surface area contributed by atoms with Crippen LogP contribution in [0, 0.1) is 5.41 Å². The molecule has 2 N–H and O–H groups in total. The van der Waals surface area contributed by atoms with E-state index in [4.69, 9.17) is 10.1 Å². The molecule has 4 rings (SSSR count). The van der Waals surface area contributed by atoms with Crippen LogP contribution in [0.3, 0.4) is 0 Å². The summed E-state index contributed by atoms with van der Waals surface area (Å²) in [5.74, 6) is -0.154. The predicted octanol–water partition coefficient (Wildman–Crippen LogP) is 5.41. The van der Waals surface area contributed by atoms with E-state index in [0.29, 0.717) is 35.4 Å². The molecular formula is C23H25F3N4O. The third kappa shape index (κ3) is 4.38. The molecule has 1 fully saturated rings. The number of aromatic nitrogens is 1. The molecule has 1 aromatic carbocycles. The van der Waals surface area contributed by atoms with Gasteiger partial charge in [-0.3, -0.25) is 0 Å². The van der Waals surface area contributed by atoms with Crippen LogP contribution in [0.5, 0.6) is 11.6 Å². The second-order valence-corrected chi connectivity index (χ2v) is 8.08. The summed E-state index contributed by atoms with van der Waals surface area (Å²) >= 11 is 0. The van der Waals surface area contributed by atoms with E-state index < -0.39 is 17.6 Å². The largest absolute Gasteiger partial charge is 0.437 e. The summed E-state index contributed by atoms with van der Waals surface area (Å²) in [5, 5.41) is 11.2. The standard InChI is InChI=1S/C23H25F3N4O/c1-14-5-8-18-20(30(14)2)10-9-17(15(12-27)13-29-16-6-7-16)21(18)31-22-19(23(24,25)26)4-3-11-28-22/h3-4,9-14,16,27,29H,5-8H2,1-2H3/b15-13+,27-12?. The molecule has 1 saturated carbocycles. The van der Waals surface area contributed by atoms with Crippen LogP contribution in [0.15, 0.2) is 36.7 Å². The van der Waals surface area contributed by atoms with E-state index in [0.717, 1.165) is 36.6 Å². The van der Waals surface area contributed by atoms with E-state index in [1.165, 1.54) is 18.5 Å². The van der Waals surface area contributed by atoms with Crippen molar-refractivity contribution in [1.82, 2.24) is 10.3 Å². The average Bonchev–Trinajstić information content (AvgIpc) is 3.56. The van der Waals surface area contributed by atoms with Gasteiger partial charge < -0.3 is 20.4 Å². The van der Waals surface area contributed by atoms with Crippen molar-refractivity contribution in [2.75, 3.05) is 11.9 Å². The van der Waals surface area contributed by atoms with Gasteiger partial charge in [0.15, 0.2) is 0 Å². The number of anilines is 1. The Morgan fingerprint density at radius 1 is 1.26 bits per heavy atom. The van der Waals surface area contributed by atoms with E-state index >= 15 is 0 Å². The average molecular weight is 430 g/mol. The first-order chi connectivity index (χ1) is 14.8. The van der Waals surface area contributed by atoms with Crippen LogP contribution < -0.4 is 15.0 Å². The molecule has 0 saturated heterocycles. The molecule has 8 heteroatoms. The van der Waals surface area contributed by atoms with Gasteiger partial charge >= 0.3 is 6.18 Å². The first-order valence-electron chi connectivity index (χ1n) is 10.4. The number of rotatable bonds is 6. The van der Waals surface area contributed by atoms with E-state index in [2.05, 4.69) is 22.1 Å². The highest BCUT2D eigenvalue weighted by Crippen LogP contribution is 2.44. The molecule has 2 aromatic rings. The smallest absolute Gasteiger partial charge is 0.421 e. The van der Waals surface area contributed by atoms with Gasteiger partial charge in [0, 0.05) is 60.1 Å². The van der Waals surface area contributed by atoms with Crippen LogP contribution in [0.1, 0.15) is 42.9 Å². The lowest BCUT2D eigenvalue weighted by atomic mass is 9.92. The number of hydrogen-bond acceptors (Lipinski definition) is 5. The SMILES string of the molecule is CC1CCc2c(ccc(/C(C=N)=C/NC3CC3)c2Oc2ncccc2C(F)(F)F)N1C. The summed E-state index contributed by atoms with van der Waals surface area (Å²) in [4.78, 5) is 5.99. The highest BCUT2D eigenvalue weighted by Gasteiger charge is 2.36. The summed E-state index contributed by atoms with van der Waals surface area (Å²) in [5.41, 5.74) is 1.95. The van der Waals surface area contributed by atoms with E-state index in [1.54, 1.807) is 6.20 Å². The maximum absolute atomic E-state index is 13.6. The molecule has 2 heterocycles. The molecular weight excluding hydrogens is 405 g/mol. The number of nitrogens with one attached hydrogen (secondary N) is 2. The van der Waals surface area contributed by atoms with Crippen LogP contribution in [0.4, 0.5) is 18.9 Å². The maximum Gasteiger partial charge on any atom is 0.421 e. The Morgan fingerprint density at radius 3 is 2.71 bits per heavy atom. The Morgan fingerprint density at radius 2 is 2.03 bits per heavy atom. The van der Waals surface area contributed by atoms with E-state index in [9.17, 15) is 13.2 Å². The number of alkyl halides is 3. The topological polar surface area (TPSA) is 61.2 Å². The number of fused-ring (bicyclic) bond motifs is 1. The van der Waals surface area contributed by atoms with Crippen molar-refractivity contribution < 1.29 is 17.9 Å². The van der Waals surface area contributed by atoms with Crippen molar-refractivity contribution in [3.05, 3.63) is 53.4 Å². The first-order valence-corrected chi connectivity index (χ1v) is 10.4. The van der Waals surface area contributed by atoms with Gasteiger partial charge in [-0.05, 0) is 56.9 Å². The van der Waals surface area contributed by atoms with Crippen LogP contribution in [0.25, 0.3) is 5.57 Å². The van der Waals surface area contributed by atoms with Crippen molar-refractivity contribution in [2.24, 2.45) is 0 Å². The van der Waals surface area contributed by atoms with Crippen LogP contribution in [-0.4, -0.2) is 30.3 Å². The van der Waals surface area contributed by atoms with Gasteiger partial charge in [-0.2, -0.15) is 13.2 Å². The third-order valence-corrected chi connectivity index (χ3v) is 5.88. The normalized spacial score (nSPS) is 19.1.